The average molecular weight is 227 g/mol. The molecule has 0 N–H and O–H groups in total. The van der Waals surface area contributed by atoms with Crippen molar-refractivity contribution in [2.75, 3.05) is 19.8 Å². The number of nitrogens with zero attached hydrogens (tertiary/aromatic N) is 1. The van der Waals surface area contributed by atoms with Crippen LogP contribution in [0.15, 0.2) is 0 Å². The molecule has 0 radical (unpaired) electrons. The molecule has 0 aliphatic heterocycles. The Hall–Kier alpha value is -1.08. The standard InChI is InChI=1S/C12H21NO3/c1-4-6-8-15-9-7-12(3,10-13)11(14)16-5-2/h4-9H2,1-3H3. The SMILES string of the molecule is CCCCOCCC(C)(C#N)C(=O)OCC. The first-order valence-electron chi connectivity index (χ1n) is 5.77. The second-order valence-electron chi connectivity index (χ2n) is 3.88. The van der Waals surface area contributed by atoms with Gasteiger partial charge in [-0.15, -0.1) is 0 Å². The molecule has 0 amide bonds. The van der Waals surface area contributed by atoms with Gasteiger partial charge < -0.3 is 9.47 Å². The molecule has 0 saturated carbocycles. The lowest BCUT2D eigenvalue weighted by atomic mass is 9.89. The van der Waals surface area contributed by atoms with E-state index in [-0.39, 0.29) is 0 Å². The number of hydrogen-bond acceptors (Lipinski definition) is 4. The minimum absolute atomic E-state index is 0.298. The molecule has 1 atom stereocenters. The summed E-state index contributed by atoms with van der Waals surface area (Å²) in [4.78, 5) is 11.5. The lowest BCUT2D eigenvalue weighted by molar-refractivity contribution is -0.152. The molecular weight excluding hydrogens is 206 g/mol. The Kier molecular flexibility index (Phi) is 7.57. The van der Waals surface area contributed by atoms with Crippen LogP contribution in [0.5, 0.6) is 0 Å². The van der Waals surface area contributed by atoms with Crippen LogP contribution in [0, 0.1) is 16.7 Å². The molecule has 4 nitrogen and oxygen atoms in total. The highest BCUT2D eigenvalue weighted by Gasteiger charge is 2.34. The van der Waals surface area contributed by atoms with Crippen molar-refractivity contribution in [2.45, 2.75) is 40.0 Å². The van der Waals surface area contributed by atoms with E-state index in [1.165, 1.54) is 0 Å². The molecule has 92 valence electrons. The third-order valence-corrected chi connectivity index (χ3v) is 2.36. The fourth-order valence-corrected chi connectivity index (χ4v) is 1.12. The van der Waals surface area contributed by atoms with Gasteiger partial charge in [0.05, 0.1) is 12.7 Å². The van der Waals surface area contributed by atoms with E-state index in [1.807, 2.05) is 6.07 Å². The summed E-state index contributed by atoms with van der Waals surface area (Å²) >= 11 is 0. The normalized spacial score (nSPS) is 13.9. The van der Waals surface area contributed by atoms with Gasteiger partial charge in [0.15, 0.2) is 5.41 Å². The Morgan fingerprint density at radius 1 is 1.38 bits per heavy atom. The van der Waals surface area contributed by atoms with E-state index in [9.17, 15) is 4.79 Å². The Morgan fingerprint density at radius 2 is 2.06 bits per heavy atom. The number of unbranched alkanes of at least 4 members (excludes halogenated alkanes) is 1. The van der Waals surface area contributed by atoms with Crippen LogP contribution in [-0.2, 0) is 14.3 Å². The van der Waals surface area contributed by atoms with Crippen molar-refractivity contribution in [3.8, 4) is 6.07 Å². The Bertz CT molecular complexity index is 247. The van der Waals surface area contributed by atoms with Crippen molar-refractivity contribution in [1.29, 1.82) is 5.26 Å². The summed E-state index contributed by atoms with van der Waals surface area (Å²) in [6.07, 6.45) is 2.46. The topological polar surface area (TPSA) is 59.3 Å². The van der Waals surface area contributed by atoms with Gasteiger partial charge in [-0.1, -0.05) is 13.3 Å². The van der Waals surface area contributed by atoms with Crippen LogP contribution in [0.3, 0.4) is 0 Å². The van der Waals surface area contributed by atoms with Gasteiger partial charge in [0.25, 0.3) is 0 Å². The number of carbonyl (C=O) groups is 1. The van der Waals surface area contributed by atoms with E-state index >= 15 is 0 Å². The minimum atomic E-state index is -1.08. The predicted molar refractivity (Wildman–Crippen MR) is 60.7 cm³/mol. The Morgan fingerprint density at radius 3 is 2.56 bits per heavy atom. The average Bonchev–Trinajstić information content (AvgIpc) is 2.28. The number of hydrogen-bond donors (Lipinski definition) is 0. The number of rotatable bonds is 8. The molecule has 0 aliphatic rings. The molecule has 0 aliphatic carbocycles. The fourth-order valence-electron chi connectivity index (χ4n) is 1.12. The van der Waals surface area contributed by atoms with Crippen molar-refractivity contribution >= 4 is 5.97 Å². The lowest BCUT2D eigenvalue weighted by Gasteiger charge is -2.18. The number of nitriles is 1. The summed E-state index contributed by atoms with van der Waals surface area (Å²) < 4.78 is 10.2. The fraction of sp³-hybridized carbons (Fsp3) is 0.833. The number of ether oxygens (including phenoxy) is 2. The quantitative estimate of drug-likeness (QED) is 0.471. The van der Waals surface area contributed by atoms with Gasteiger partial charge in [-0.3, -0.25) is 4.79 Å². The van der Waals surface area contributed by atoms with Crippen LogP contribution >= 0.6 is 0 Å². The highest BCUT2D eigenvalue weighted by Crippen LogP contribution is 2.22. The molecule has 0 spiro atoms. The highest BCUT2D eigenvalue weighted by molar-refractivity contribution is 5.79. The maximum absolute atomic E-state index is 11.5. The van der Waals surface area contributed by atoms with Crippen LogP contribution in [0.2, 0.25) is 0 Å². The number of esters is 1. The summed E-state index contributed by atoms with van der Waals surface area (Å²) in [6.45, 7) is 6.81. The highest BCUT2D eigenvalue weighted by atomic mass is 16.5. The second kappa shape index (κ2) is 8.12. The third-order valence-electron chi connectivity index (χ3n) is 2.36. The van der Waals surface area contributed by atoms with Crippen molar-refractivity contribution in [3.05, 3.63) is 0 Å². The minimum Gasteiger partial charge on any atom is -0.465 e. The van der Waals surface area contributed by atoms with Gasteiger partial charge in [-0.2, -0.15) is 5.26 Å². The predicted octanol–water partition coefficient (Wildman–Crippen LogP) is 2.29. The van der Waals surface area contributed by atoms with Gasteiger partial charge in [-0.05, 0) is 26.7 Å². The molecule has 0 rings (SSSR count). The molecule has 0 aromatic heterocycles. The Balaban J connectivity index is 3.98. The zero-order valence-electron chi connectivity index (χ0n) is 10.4. The van der Waals surface area contributed by atoms with E-state index in [2.05, 4.69) is 6.92 Å². The van der Waals surface area contributed by atoms with E-state index in [0.717, 1.165) is 12.8 Å². The maximum atomic E-state index is 11.5. The van der Waals surface area contributed by atoms with E-state index in [1.54, 1.807) is 13.8 Å². The van der Waals surface area contributed by atoms with Gasteiger partial charge in [0.1, 0.15) is 0 Å². The summed E-state index contributed by atoms with van der Waals surface area (Å²) in [5.74, 6) is -0.461. The van der Waals surface area contributed by atoms with Gasteiger partial charge in [0.2, 0.25) is 0 Å². The zero-order chi connectivity index (χ0) is 12.4. The first-order valence-corrected chi connectivity index (χ1v) is 5.77. The summed E-state index contributed by atoms with van der Waals surface area (Å²) in [6, 6.07) is 2.00. The number of carbonyl (C=O) groups excluding carboxylic acids is 1. The summed E-state index contributed by atoms with van der Waals surface area (Å²) in [7, 11) is 0. The van der Waals surface area contributed by atoms with Crippen LogP contribution in [0.25, 0.3) is 0 Å². The van der Waals surface area contributed by atoms with Crippen LogP contribution in [0.4, 0.5) is 0 Å². The van der Waals surface area contributed by atoms with Crippen LogP contribution in [0.1, 0.15) is 40.0 Å². The van der Waals surface area contributed by atoms with Crippen molar-refractivity contribution in [3.63, 3.8) is 0 Å². The second-order valence-corrected chi connectivity index (χ2v) is 3.88. The molecule has 16 heavy (non-hydrogen) atoms. The van der Waals surface area contributed by atoms with E-state index in [4.69, 9.17) is 14.7 Å². The zero-order valence-corrected chi connectivity index (χ0v) is 10.4. The van der Waals surface area contributed by atoms with Crippen molar-refractivity contribution in [1.82, 2.24) is 0 Å². The maximum Gasteiger partial charge on any atom is 0.326 e. The van der Waals surface area contributed by atoms with Gasteiger partial charge in [0, 0.05) is 13.2 Å². The molecule has 0 fully saturated rings. The van der Waals surface area contributed by atoms with Crippen molar-refractivity contribution < 1.29 is 14.3 Å². The molecule has 0 aromatic carbocycles. The lowest BCUT2D eigenvalue weighted by Crippen LogP contribution is -2.29. The summed E-state index contributed by atoms with van der Waals surface area (Å²) in [5, 5.41) is 8.98. The molecule has 0 bridgehead atoms. The van der Waals surface area contributed by atoms with Crippen LogP contribution in [-0.4, -0.2) is 25.8 Å². The smallest absolute Gasteiger partial charge is 0.326 e. The summed E-state index contributed by atoms with van der Waals surface area (Å²) in [5.41, 5.74) is -1.08. The third kappa shape index (κ3) is 5.13. The molecule has 4 heteroatoms. The molecule has 1 unspecified atom stereocenters. The van der Waals surface area contributed by atoms with E-state index in [0.29, 0.717) is 26.2 Å². The van der Waals surface area contributed by atoms with Crippen LogP contribution < -0.4 is 0 Å². The monoisotopic (exact) mass is 227 g/mol. The van der Waals surface area contributed by atoms with Gasteiger partial charge >= 0.3 is 5.97 Å². The molecule has 0 heterocycles. The first-order chi connectivity index (χ1) is 7.60. The first kappa shape index (κ1) is 14.9. The molecule has 0 aromatic rings. The Labute approximate surface area is 97.5 Å². The molecular formula is C12H21NO3. The van der Waals surface area contributed by atoms with E-state index < -0.39 is 11.4 Å². The van der Waals surface area contributed by atoms with Crippen molar-refractivity contribution in [2.24, 2.45) is 5.41 Å². The van der Waals surface area contributed by atoms with Gasteiger partial charge in [-0.25, -0.2) is 0 Å². The molecule has 0 saturated heterocycles. The largest absolute Gasteiger partial charge is 0.465 e.